The molecular formula is C20H31NO5. The summed E-state index contributed by atoms with van der Waals surface area (Å²) in [6, 6.07) is 0. The molecule has 0 aromatic carbocycles. The SMILES string of the molecule is CCCC(NOCC)=C1C(=O)CC(C2COC3CCOCC3C2)CC1=O. The van der Waals surface area contributed by atoms with Crippen molar-refractivity contribution in [3.05, 3.63) is 11.3 Å². The summed E-state index contributed by atoms with van der Waals surface area (Å²) in [5.74, 6) is 0.645. The van der Waals surface area contributed by atoms with Crippen molar-refractivity contribution in [2.75, 3.05) is 26.4 Å². The molecule has 0 spiro atoms. The number of carbonyl (C=O) groups excluding carboxylic acids is 2. The Morgan fingerprint density at radius 1 is 1.12 bits per heavy atom. The molecule has 26 heavy (non-hydrogen) atoms. The van der Waals surface area contributed by atoms with Gasteiger partial charge in [0.05, 0.1) is 37.2 Å². The number of hydroxylamine groups is 1. The minimum atomic E-state index is -0.0519. The summed E-state index contributed by atoms with van der Waals surface area (Å²) < 4.78 is 11.6. The van der Waals surface area contributed by atoms with Crippen molar-refractivity contribution in [1.29, 1.82) is 0 Å². The quantitative estimate of drug-likeness (QED) is 0.443. The van der Waals surface area contributed by atoms with Gasteiger partial charge in [0.2, 0.25) is 0 Å². The maximum atomic E-state index is 12.8. The van der Waals surface area contributed by atoms with Crippen LogP contribution in [-0.4, -0.2) is 44.1 Å². The van der Waals surface area contributed by atoms with E-state index in [0.717, 1.165) is 32.5 Å². The molecule has 0 aromatic rings. The van der Waals surface area contributed by atoms with Gasteiger partial charge in [0.1, 0.15) is 0 Å². The Bertz CT molecular complexity index is 538. The Morgan fingerprint density at radius 3 is 2.58 bits per heavy atom. The number of rotatable bonds is 6. The van der Waals surface area contributed by atoms with E-state index >= 15 is 0 Å². The van der Waals surface area contributed by atoms with Crippen molar-refractivity contribution < 1.29 is 23.9 Å². The van der Waals surface area contributed by atoms with Crippen molar-refractivity contribution in [2.24, 2.45) is 17.8 Å². The first-order chi connectivity index (χ1) is 12.6. The van der Waals surface area contributed by atoms with Gasteiger partial charge in [-0.2, -0.15) is 0 Å². The number of fused-ring (bicyclic) bond motifs is 1. The molecule has 6 nitrogen and oxygen atoms in total. The maximum Gasteiger partial charge on any atom is 0.168 e. The molecule has 1 N–H and O–H groups in total. The average molecular weight is 365 g/mol. The fourth-order valence-electron chi connectivity index (χ4n) is 4.46. The molecule has 2 aliphatic heterocycles. The van der Waals surface area contributed by atoms with Crippen molar-refractivity contribution >= 4 is 11.6 Å². The molecule has 1 saturated carbocycles. The van der Waals surface area contributed by atoms with Crippen molar-refractivity contribution in [3.63, 3.8) is 0 Å². The zero-order chi connectivity index (χ0) is 18.5. The number of hydrogen-bond acceptors (Lipinski definition) is 6. The zero-order valence-electron chi connectivity index (χ0n) is 15.9. The first-order valence-corrected chi connectivity index (χ1v) is 10.0. The minimum absolute atomic E-state index is 0.0519. The van der Waals surface area contributed by atoms with Gasteiger partial charge < -0.3 is 9.47 Å². The minimum Gasteiger partial charge on any atom is -0.381 e. The Labute approximate surface area is 155 Å². The molecule has 0 aromatic heterocycles. The summed E-state index contributed by atoms with van der Waals surface area (Å²) in [5.41, 5.74) is 3.80. The standard InChI is InChI=1S/C20H31NO5/c1-3-5-16(21-26-4-2)20-17(22)9-13(10-18(20)23)14-8-15-11-24-7-6-19(15)25-12-14/h13-15,19,21H,3-12H2,1-2H3. The third kappa shape index (κ3) is 4.35. The van der Waals surface area contributed by atoms with Crippen LogP contribution >= 0.6 is 0 Å². The highest BCUT2D eigenvalue weighted by Crippen LogP contribution is 2.39. The number of ether oxygens (including phenoxy) is 2. The van der Waals surface area contributed by atoms with Gasteiger partial charge in [-0.3, -0.25) is 19.9 Å². The van der Waals surface area contributed by atoms with Gasteiger partial charge in [-0.05, 0) is 38.0 Å². The lowest BCUT2D eigenvalue weighted by atomic mass is 9.71. The fraction of sp³-hybridized carbons (Fsp3) is 0.800. The monoisotopic (exact) mass is 365 g/mol. The van der Waals surface area contributed by atoms with E-state index in [9.17, 15) is 9.59 Å². The second kappa shape index (κ2) is 9.11. The van der Waals surface area contributed by atoms with Crippen LogP contribution in [0.4, 0.5) is 0 Å². The molecule has 2 heterocycles. The van der Waals surface area contributed by atoms with Crippen LogP contribution in [0.3, 0.4) is 0 Å². The number of Topliss-reactive ketones (excluding diaryl/α,β-unsaturated/α-hetero) is 2. The number of carbonyl (C=O) groups is 2. The van der Waals surface area contributed by atoms with Crippen LogP contribution < -0.4 is 5.48 Å². The molecule has 3 atom stereocenters. The normalized spacial score (nSPS) is 32.3. The van der Waals surface area contributed by atoms with E-state index in [-0.39, 0.29) is 29.5 Å². The van der Waals surface area contributed by atoms with Gasteiger partial charge in [0.25, 0.3) is 0 Å². The molecule has 3 rings (SSSR count). The lowest BCUT2D eigenvalue weighted by molar-refractivity contribution is -0.138. The fourth-order valence-corrected chi connectivity index (χ4v) is 4.46. The van der Waals surface area contributed by atoms with Crippen molar-refractivity contribution in [3.8, 4) is 0 Å². The predicted molar refractivity (Wildman–Crippen MR) is 96.2 cm³/mol. The largest absolute Gasteiger partial charge is 0.381 e. The Morgan fingerprint density at radius 2 is 1.88 bits per heavy atom. The van der Waals surface area contributed by atoms with Gasteiger partial charge in [-0.1, -0.05) is 13.3 Å². The van der Waals surface area contributed by atoms with Gasteiger partial charge in [-0.15, -0.1) is 0 Å². The molecule has 0 radical (unpaired) electrons. The lowest BCUT2D eigenvalue weighted by Crippen LogP contribution is -2.44. The van der Waals surface area contributed by atoms with E-state index in [1.54, 1.807) is 0 Å². The van der Waals surface area contributed by atoms with E-state index in [1.807, 2.05) is 13.8 Å². The number of allylic oxidation sites excluding steroid dienone is 2. The molecule has 6 heteroatoms. The molecule has 3 unspecified atom stereocenters. The molecule has 3 aliphatic rings. The summed E-state index contributed by atoms with van der Waals surface area (Å²) in [6.45, 7) is 6.54. The average Bonchev–Trinajstić information content (AvgIpc) is 2.65. The molecule has 1 aliphatic carbocycles. The van der Waals surface area contributed by atoms with Crippen LogP contribution in [0.15, 0.2) is 11.3 Å². The molecular weight excluding hydrogens is 334 g/mol. The molecule has 2 saturated heterocycles. The van der Waals surface area contributed by atoms with E-state index in [2.05, 4.69) is 5.48 Å². The van der Waals surface area contributed by atoms with E-state index < -0.39 is 0 Å². The predicted octanol–water partition coefficient (Wildman–Crippen LogP) is 2.57. The first-order valence-electron chi connectivity index (χ1n) is 10.0. The second-order valence-corrected chi connectivity index (χ2v) is 7.64. The first kappa shape index (κ1) is 19.5. The van der Waals surface area contributed by atoms with Gasteiger partial charge in [-0.25, -0.2) is 0 Å². The number of ketones is 2. The maximum absolute atomic E-state index is 12.8. The van der Waals surface area contributed by atoms with Gasteiger partial charge >= 0.3 is 0 Å². The van der Waals surface area contributed by atoms with E-state index in [4.69, 9.17) is 14.3 Å². The van der Waals surface area contributed by atoms with Crippen LogP contribution in [0.5, 0.6) is 0 Å². The topological polar surface area (TPSA) is 73.9 Å². The second-order valence-electron chi connectivity index (χ2n) is 7.64. The molecule has 146 valence electrons. The van der Waals surface area contributed by atoms with Crippen LogP contribution in [0, 0.1) is 17.8 Å². The highest BCUT2D eigenvalue weighted by molar-refractivity contribution is 6.22. The molecule has 0 amide bonds. The van der Waals surface area contributed by atoms with Crippen molar-refractivity contribution in [2.45, 2.75) is 58.5 Å². The van der Waals surface area contributed by atoms with Gasteiger partial charge in [0.15, 0.2) is 11.6 Å². The highest BCUT2D eigenvalue weighted by atomic mass is 16.6. The summed E-state index contributed by atoms with van der Waals surface area (Å²) in [4.78, 5) is 30.8. The third-order valence-electron chi connectivity index (χ3n) is 5.80. The van der Waals surface area contributed by atoms with Crippen LogP contribution in [0.2, 0.25) is 0 Å². The van der Waals surface area contributed by atoms with Crippen LogP contribution in [0.1, 0.15) is 52.4 Å². The smallest absolute Gasteiger partial charge is 0.168 e. The van der Waals surface area contributed by atoms with Gasteiger partial charge in [0, 0.05) is 25.4 Å². The van der Waals surface area contributed by atoms with Crippen molar-refractivity contribution in [1.82, 2.24) is 5.48 Å². The van der Waals surface area contributed by atoms with Crippen LogP contribution in [0.25, 0.3) is 0 Å². The Hall–Kier alpha value is -1.24. The van der Waals surface area contributed by atoms with E-state index in [0.29, 0.717) is 49.7 Å². The molecule has 0 bridgehead atoms. The Kier molecular flexibility index (Phi) is 6.84. The highest BCUT2D eigenvalue weighted by Gasteiger charge is 2.41. The molecule has 3 fully saturated rings. The summed E-state index contributed by atoms with van der Waals surface area (Å²) in [5, 5.41) is 0. The van der Waals surface area contributed by atoms with Crippen LogP contribution in [-0.2, 0) is 23.9 Å². The lowest BCUT2D eigenvalue weighted by Gasteiger charge is -2.42. The number of nitrogens with one attached hydrogen (secondary N) is 1. The summed E-state index contributed by atoms with van der Waals surface area (Å²) in [6.07, 6.45) is 4.58. The summed E-state index contributed by atoms with van der Waals surface area (Å²) >= 11 is 0. The summed E-state index contributed by atoms with van der Waals surface area (Å²) in [7, 11) is 0. The Balaban J connectivity index is 1.67. The van der Waals surface area contributed by atoms with E-state index in [1.165, 1.54) is 0 Å². The zero-order valence-corrected chi connectivity index (χ0v) is 15.9. The number of hydrogen-bond donors (Lipinski definition) is 1. The third-order valence-corrected chi connectivity index (χ3v) is 5.80.